The molecular weight excluding hydrogens is 206 g/mol. The highest BCUT2D eigenvalue weighted by Crippen LogP contribution is 2.15. The Bertz CT molecular complexity index is 483. The summed E-state index contributed by atoms with van der Waals surface area (Å²) in [5, 5.41) is 0. The van der Waals surface area contributed by atoms with Gasteiger partial charge in [0.2, 0.25) is 0 Å². The summed E-state index contributed by atoms with van der Waals surface area (Å²) in [4.78, 5) is 4.44. The third-order valence-corrected chi connectivity index (χ3v) is 2.78. The van der Waals surface area contributed by atoms with Gasteiger partial charge in [0.25, 0.3) is 0 Å². The molecule has 0 aliphatic heterocycles. The monoisotopic (exact) mass is 223 g/mol. The first kappa shape index (κ1) is 11.6. The number of aryl methyl sites for hydroxylation is 1. The second kappa shape index (κ2) is 5.44. The number of nitrogens with zero attached hydrogens (tertiary/aromatic N) is 1. The van der Waals surface area contributed by atoms with Crippen LogP contribution in [0.2, 0.25) is 0 Å². The Labute approximate surface area is 103 Å². The maximum atomic E-state index is 4.44. The number of allylic oxidation sites excluding steroid dienone is 1. The maximum absolute atomic E-state index is 4.44. The molecule has 0 fully saturated rings. The second-order valence-corrected chi connectivity index (χ2v) is 4.32. The van der Waals surface area contributed by atoms with Crippen LogP contribution in [0.15, 0.2) is 54.7 Å². The zero-order valence-corrected chi connectivity index (χ0v) is 10.3. The Hall–Kier alpha value is -1.89. The third kappa shape index (κ3) is 3.28. The molecule has 0 spiro atoms. The molecule has 0 radical (unpaired) electrons. The predicted octanol–water partition coefficient (Wildman–Crippen LogP) is 4.21. The minimum atomic E-state index is 0.343. The van der Waals surface area contributed by atoms with E-state index in [9.17, 15) is 0 Å². The molecule has 86 valence electrons. The molecule has 0 N–H and O–H groups in total. The van der Waals surface area contributed by atoms with E-state index in [0.29, 0.717) is 5.92 Å². The number of pyridine rings is 1. The van der Waals surface area contributed by atoms with Crippen molar-refractivity contribution in [2.45, 2.75) is 19.8 Å². The first-order chi connectivity index (χ1) is 8.25. The molecule has 1 heteroatoms. The predicted molar refractivity (Wildman–Crippen MR) is 72.9 cm³/mol. The Morgan fingerprint density at radius 2 is 1.82 bits per heavy atom. The first-order valence-corrected chi connectivity index (χ1v) is 5.91. The molecular formula is C16H17N. The molecule has 0 saturated carbocycles. The molecule has 0 bridgehead atoms. The van der Waals surface area contributed by atoms with Crippen LogP contribution in [0.5, 0.6) is 0 Å². The van der Waals surface area contributed by atoms with E-state index in [-0.39, 0.29) is 0 Å². The van der Waals surface area contributed by atoms with Crippen molar-refractivity contribution >= 4 is 6.08 Å². The Balaban J connectivity index is 2.09. The molecule has 0 aliphatic carbocycles. The van der Waals surface area contributed by atoms with E-state index in [1.165, 1.54) is 11.1 Å². The molecule has 0 unspecified atom stereocenters. The van der Waals surface area contributed by atoms with Crippen molar-refractivity contribution in [2.24, 2.45) is 0 Å². The zero-order valence-electron chi connectivity index (χ0n) is 10.3. The summed E-state index contributed by atoms with van der Waals surface area (Å²) < 4.78 is 0. The average molecular weight is 223 g/mol. The molecule has 0 saturated heterocycles. The fourth-order valence-electron chi connectivity index (χ4n) is 1.67. The summed E-state index contributed by atoms with van der Waals surface area (Å²) in [7, 11) is 0. The number of aromatic nitrogens is 1. The minimum absolute atomic E-state index is 0.343. The molecule has 1 aromatic heterocycles. The van der Waals surface area contributed by atoms with Crippen molar-refractivity contribution in [3.8, 4) is 0 Å². The van der Waals surface area contributed by atoms with Crippen molar-refractivity contribution < 1.29 is 0 Å². The van der Waals surface area contributed by atoms with Crippen LogP contribution in [0.3, 0.4) is 0 Å². The second-order valence-electron chi connectivity index (χ2n) is 4.32. The summed E-state index contributed by atoms with van der Waals surface area (Å²) in [6.45, 7) is 4.22. The van der Waals surface area contributed by atoms with E-state index in [0.717, 1.165) is 5.69 Å². The van der Waals surface area contributed by atoms with Crippen LogP contribution < -0.4 is 0 Å². The lowest BCUT2D eigenvalue weighted by molar-refractivity contribution is 0.907. The minimum Gasteiger partial charge on any atom is -0.260 e. The lowest BCUT2D eigenvalue weighted by Gasteiger charge is -2.05. The highest BCUT2D eigenvalue weighted by atomic mass is 14.7. The largest absolute Gasteiger partial charge is 0.260 e. The summed E-state index contributed by atoms with van der Waals surface area (Å²) >= 11 is 0. The molecule has 1 aromatic carbocycles. The molecule has 17 heavy (non-hydrogen) atoms. The molecule has 2 aromatic rings. The lowest BCUT2D eigenvalue weighted by atomic mass is 10.0. The van der Waals surface area contributed by atoms with E-state index >= 15 is 0 Å². The van der Waals surface area contributed by atoms with Crippen LogP contribution >= 0.6 is 0 Å². The van der Waals surface area contributed by atoms with Gasteiger partial charge in [-0.1, -0.05) is 55.5 Å². The van der Waals surface area contributed by atoms with Gasteiger partial charge in [-0.2, -0.15) is 0 Å². The average Bonchev–Trinajstić information content (AvgIpc) is 2.38. The van der Waals surface area contributed by atoms with E-state index < -0.39 is 0 Å². The van der Waals surface area contributed by atoms with Gasteiger partial charge in [0.1, 0.15) is 0 Å². The van der Waals surface area contributed by atoms with E-state index in [1.807, 2.05) is 12.3 Å². The summed E-state index contributed by atoms with van der Waals surface area (Å²) in [6, 6.07) is 14.5. The van der Waals surface area contributed by atoms with E-state index in [1.54, 1.807) is 0 Å². The van der Waals surface area contributed by atoms with Crippen molar-refractivity contribution in [2.75, 3.05) is 0 Å². The van der Waals surface area contributed by atoms with Gasteiger partial charge in [-0.25, -0.2) is 0 Å². The fourth-order valence-corrected chi connectivity index (χ4v) is 1.67. The third-order valence-electron chi connectivity index (χ3n) is 2.78. The Kier molecular flexibility index (Phi) is 3.71. The van der Waals surface area contributed by atoms with Crippen LogP contribution in [0.25, 0.3) is 6.08 Å². The van der Waals surface area contributed by atoms with Gasteiger partial charge in [-0.15, -0.1) is 0 Å². The maximum Gasteiger partial charge on any atom is 0.0469 e. The summed E-state index contributed by atoms with van der Waals surface area (Å²) in [6.07, 6.45) is 6.25. The Morgan fingerprint density at radius 3 is 2.47 bits per heavy atom. The number of benzene rings is 1. The zero-order chi connectivity index (χ0) is 12.1. The topological polar surface area (TPSA) is 12.9 Å². The van der Waals surface area contributed by atoms with Gasteiger partial charge >= 0.3 is 0 Å². The molecule has 0 aliphatic rings. The molecule has 1 heterocycles. The number of rotatable bonds is 3. The Morgan fingerprint density at radius 1 is 1.06 bits per heavy atom. The van der Waals surface area contributed by atoms with Crippen molar-refractivity contribution in [1.29, 1.82) is 0 Å². The van der Waals surface area contributed by atoms with Crippen molar-refractivity contribution in [3.63, 3.8) is 0 Å². The smallest absolute Gasteiger partial charge is 0.0469 e. The molecule has 1 nitrogen and oxygen atoms in total. The van der Waals surface area contributed by atoms with Crippen molar-refractivity contribution in [1.82, 2.24) is 4.98 Å². The first-order valence-electron chi connectivity index (χ1n) is 5.91. The van der Waals surface area contributed by atoms with Crippen LogP contribution in [-0.4, -0.2) is 4.98 Å². The fraction of sp³-hybridized carbons (Fsp3) is 0.188. The SMILES string of the molecule is Cc1ccc([C@H](C)/C=C/c2ccccc2)nc1. The van der Waals surface area contributed by atoms with Crippen molar-refractivity contribution in [3.05, 3.63) is 71.6 Å². The van der Waals surface area contributed by atoms with Crippen LogP contribution in [0.4, 0.5) is 0 Å². The van der Waals surface area contributed by atoms with Gasteiger partial charge < -0.3 is 0 Å². The van der Waals surface area contributed by atoms with E-state index in [4.69, 9.17) is 0 Å². The highest BCUT2D eigenvalue weighted by Gasteiger charge is 2.01. The standard InChI is InChI=1S/C16H17N/c1-13-8-11-16(17-12-13)14(2)9-10-15-6-4-3-5-7-15/h3-12,14H,1-2H3/b10-9+/t14-/m1/s1. The van der Waals surface area contributed by atoms with Gasteiger partial charge in [-0.3, -0.25) is 4.98 Å². The van der Waals surface area contributed by atoms with Crippen LogP contribution in [0.1, 0.15) is 29.7 Å². The van der Waals surface area contributed by atoms with Gasteiger partial charge in [0.05, 0.1) is 0 Å². The van der Waals surface area contributed by atoms with Crippen LogP contribution in [0, 0.1) is 6.92 Å². The van der Waals surface area contributed by atoms with E-state index in [2.05, 4.69) is 67.4 Å². The number of hydrogen-bond donors (Lipinski definition) is 0. The normalized spacial score (nSPS) is 12.8. The van der Waals surface area contributed by atoms with Gasteiger partial charge in [-0.05, 0) is 24.1 Å². The molecule has 1 atom stereocenters. The molecule has 2 rings (SSSR count). The van der Waals surface area contributed by atoms with Crippen LogP contribution in [-0.2, 0) is 0 Å². The summed E-state index contributed by atoms with van der Waals surface area (Å²) in [5.41, 5.74) is 3.54. The lowest BCUT2D eigenvalue weighted by Crippen LogP contribution is -1.93. The molecule has 0 amide bonds. The quantitative estimate of drug-likeness (QED) is 0.759. The summed E-state index contributed by atoms with van der Waals surface area (Å²) in [5.74, 6) is 0.343. The number of hydrogen-bond acceptors (Lipinski definition) is 1. The van der Waals surface area contributed by atoms with Gasteiger partial charge in [0, 0.05) is 17.8 Å². The highest BCUT2D eigenvalue weighted by molar-refractivity contribution is 5.50. The van der Waals surface area contributed by atoms with Gasteiger partial charge in [0.15, 0.2) is 0 Å².